The lowest BCUT2D eigenvalue weighted by molar-refractivity contribution is -0.122. The molecule has 0 saturated carbocycles. The van der Waals surface area contributed by atoms with Crippen molar-refractivity contribution in [3.05, 3.63) is 0 Å². The van der Waals surface area contributed by atoms with E-state index in [-0.39, 0.29) is 19.1 Å². The zero-order chi connectivity index (χ0) is 9.61. The molecule has 0 aromatic heterocycles. The number of nitrogens with one attached hydrogen (secondary N) is 2. The molecule has 0 saturated heterocycles. The quantitative estimate of drug-likeness (QED) is 0.444. The van der Waals surface area contributed by atoms with Crippen LogP contribution in [0.4, 0.5) is 0 Å². The van der Waals surface area contributed by atoms with Crippen molar-refractivity contribution in [2.24, 2.45) is 0 Å². The number of amides is 2. The molecular formula is C7H13N2O3. The van der Waals surface area contributed by atoms with E-state index >= 15 is 0 Å². The summed E-state index contributed by atoms with van der Waals surface area (Å²) in [5.74, 6) is -0.350. The van der Waals surface area contributed by atoms with Crippen LogP contribution in [-0.2, 0) is 9.59 Å². The summed E-state index contributed by atoms with van der Waals surface area (Å²) in [5.41, 5.74) is -0.651. The Bertz CT molecular complexity index is 168. The average Bonchev–Trinajstić information content (AvgIpc) is 2.00. The Morgan fingerprint density at radius 3 is 2.58 bits per heavy atom. The Morgan fingerprint density at radius 2 is 2.17 bits per heavy atom. The van der Waals surface area contributed by atoms with Gasteiger partial charge < -0.3 is 15.7 Å². The van der Waals surface area contributed by atoms with E-state index in [9.17, 15) is 9.59 Å². The van der Waals surface area contributed by atoms with E-state index in [4.69, 9.17) is 5.11 Å². The van der Waals surface area contributed by atoms with Crippen LogP contribution in [0, 0.1) is 0 Å². The van der Waals surface area contributed by atoms with Crippen LogP contribution in [0.3, 0.4) is 0 Å². The highest BCUT2D eigenvalue weighted by atomic mass is 16.3. The van der Waals surface area contributed by atoms with Gasteiger partial charge in [-0.1, -0.05) is 0 Å². The molecule has 0 aromatic carbocycles. The molecule has 1 radical (unpaired) electrons. The van der Waals surface area contributed by atoms with Crippen molar-refractivity contribution in [2.45, 2.75) is 19.4 Å². The minimum Gasteiger partial charge on any atom is -0.394 e. The second-order valence-electron chi connectivity index (χ2n) is 3.05. The van der Waals surface area contributed by atoms with Gasteiger partial charge >= 0.3 is 6.41 Å². The minimum atomic E-state index is -0.651. The van der Waals surface area contributed by atoms with Gasteiger partial charge in [0.15, 0.2) is 0 Å². The van der Waals surface area contributed by atoms with Crippen molar-refractivity contribution >= 4 is 12.3 Å². The van der Waals surface area contributed by atoms with Crippen LogP contribution in [-0.4, -0.2) is 36.1 Å². The fourth-order valence-electron chi connectivity index (χ4n) is 0.578. The third-order valence-corrected chi connectivity index (χ3v) is 1.19. The first-order valence-corrected chi connectivity index (χ1v) is 3.54. The maximum Gasteiger partial charge on any atom is 0.309 e. The topological polar surface area (TPSA) is 78.4 Å². The molecule has 0 heterocycles. The summed E-state index contributed by atoms with van der Waals surface area (Å²) < 4.78 is 0. The number of hydrogen-bond acceptors (Lipinski definition) is 3. The van der Waals surface area contributed by atoms with Crippen LogP contribution in [0.15, 0.2) is 0 Å². The van der Waals surface area contributed by atoms with E-state index in [1.54, 1.807) is 13.8 Å². The average molecular weight is 173 g/mol. The molecule has 0 spiro atoms. The maximum atomic E-state index is 10.9. The van der Waals surface area contributed by atoms with Crippen molar-refractivity contribution in [3.63, 3.8) is 0 Å². The number of rotatable bonds is 5. The van der Waals surface area contributed by atoms with E-state index in [1.807, 2.05) is 0 Å². The molecule has 0 aliphatic carbocycles. The highest BCUT2D eigenvalue weighted by molar-refractivity contribution is 5.80. The number of hydrogen-bond donors (Lipinski definition) is 3. The fraction of sp³-hybridized carbons (Fsp3) is 0.714. The third-order valence-electron chi connectivity index (χ3n) is 1.19. The van der Waals surface area contributed by atoms with Crippen LogP contribution in [0.1, 0.15) is 13.8 Å². The molecule has 0 rings (SSSR count). The maximum absolute atomic E-state index is 10.9. The van der Waals surface area contributed by atoms with E-state index in [0.717, 1.165) is 0 Å². The first-order chi connectivity index (χ1) is 5.52. The summed E-state index contributed by atoms with van der Waals surface area (Å²) in [6.07, 6.45) is 1.38. The standard InChI is InChI=1S/C7H13N2O3/c1-7(2,4-10)9-6(12)3-8-5-11/h10H,3-4H2,1-2H3,(H,8,11)(H,9,12). The van der Waals surface area contributed by atoms with E-state index in [2.05, 4.69) is 10.6 Å². The van der Waals surface area contributed by atoms with Gasteiger partial charge in [0.2, 0.25) is 5.91 Å². The fourth-order valence-corrected chi connectivity index (χ4v) is 0.578. The zero-order valence-corrected chi connectivity index (χ0v) is 7.18. The lowest BCUT2D eigenvalue weighted by Gasteiger charge is -2.23. The smallest absolute Gasteiger partial charge is 0.309 e. The molecular weight excluding hydrogens is 160 g/mol. The molecule has 0 aliphatic heterocycles. The minimum absolute atomic E-state index is 0.118. The van der Waals surface area contributed by atoms with Crippen LogP contribution in [0.5, 0.6) is 0 Å². The Morgan fingerprint density at radius 1 is 1.58 bits per heavy atom. The highest BCUT2D eigenvalue weighted by Crippen LogP contribution is 1.98. The Kier molecular flexibility index (Phi) is 4.28. The lowest BCUT2D eigenvalue weighted by atomic mass is 10.1. The van der Waals surface area contributed by atoms with Crippen LogP contribution < -0.4 is 10.6 Å². The van der Waals surface area contributed by atoms with Gasteiger partial charge in [0, 0.05) is 0 Å². The molecule has 0 atom stereocenters. The summed E-state index contributed by atoms with van der Waals surface area (Å²) >= 11 is 0. The Hall–Kier alpha value is -1.10. The lowest BCUT2D eigenvalue weighted by Crippen LogP contribution is -2.49. The first-order valence-electron chi connectivity index (χ1n) is 3.54. The Balaban J connectivity index is 3.75. The monoisotopic (exact) mass is 173 g/mol. The van der Waals surface area contributed by atoms with Crippen LogP contribution >= 0.6 is 0 Å². The number of aliphatic hydroxyl groups is 1. The van der Waals surface area contributed by atoms with Gasteiger partial charge in [-0.25, -0.2) is 0 Å². The van der Waals surface area contributed by atoms with Crippen molar-refractivity contribution < 1.29 is 14.7 Å². The first kappa shape index (κ1) is 10.9. The highest BCUT2D eigenvalue weighted by Gasteiger charge is 2.18. The van der Waals surface area contributed by atoms with E-state index in [1.165, 1.54) is 6.41 Å². The number of carbonyl (C=O) groups is 1. The van der Waals surface area contributed by atoms with E-state index in [0.29, 0.717) is 0 Å². The molecule has 5 nitrogen and oxygen atoms in total. The van der Waals surface area contributed by atoms with E-state index < -0.39 is 5.54 Å². The van der Waals surface area contributed by atoms with Crippen molar-refractivity contribution in [1.29, 1.82) is 0 Å². The molecule has 69 valence electrons. The molecule has 0 fully saturated rings. The summed E-state index contributed by atoms with van der Waals surface area (Å²) in [6, 6.07) is 0. The van der Waals surface area contributed by atoms with Gasteiger partial charge in [0.25, 0.3) is 0 Å². The second kappa shape index (κ2) is 4.71. The molecule has 5 heteroatoms. The molecule has 3 N–H and O–H groups in total. The molecule has 12 heavy (non-hydrogen) atoms. The van der Waals surface area contributed by atoms with Gasteiger partial charge in [-0.3, -0.25) is 9.59 Å². The number of carbonyl (C=O) groups excluding carboxylic acids is 2. The Labute approximate surface area is 71.1 Å². The summed E-state index contributed by atoms with van der Waals surface area (Å²) in [4.78, 5) is 20.6. The predicted octanol–water partition coefficient (Wildman–Crippen LogP) is -1.47. The molecule has 2 amide bonds. The summed E-state index contributed by atoms with van der Waals surface area (Å²) in [6.45, 7) is 3.08. The normalized spacial score (nSPS) is 10.6. The molecule has 0 unspecified atom stereocenters. The predicted molar refractivity (Wildman–Crippen MR) is 43.0 cm³/mol. The van der Waals surface area contributed by atoms with Gasteiger partial charge in [-0.15, -0.1) is 0 Å². The van der Waals surface area contributed by atoms with Crippen LogP contribution in [0.25, 0.3) is 0 Å². The third kappa shape index (κ3) is 4.68. The van der Waals surface area contributed by atoms with Gasteiger partial charge in [-0.2, -0.15) is 0 Å². The SMILES string of the molecule is CC(C)(CO)NC(=O)CN[C]=O. The zero-order valence-electron chi connectivity index (χ0n) is 7.18. The number of aliphatic hydroxyl groups excluding tert-OH is 1. The van der Waals surface area contributed by atoms with Crippen molar-refractivity contribution in [3.8, 4) is 0 Å². The second-order valence-corrected chi connectivity index (χ2v) is 3.05. The van der Waals surface area contributed by atoms with Crippen molar-refractivity contribution in [1.82, 2.24) is 10.6 Å². The largest absolute Gasteiger partial charge is 0.394 e. The van der Waals surface area contributed by atoms with Crippen molar-refractivity contribution in [2.75, 3.05) is 13.2 Å². The molecule has 0 aromatic rings. The molecule has 0 aliphatic rings. The van der Waals surface area contributed by atoms with Gasteiger partial charge in [-0.05, 0) is 13.8 Å². The summed E-state index contributed by atoms with van der Waals surface area (Å²) in [7, 11) is 0. The summed E-state index contributed by atoms with van der Waals surface area (Å²) in [5, 5.41) is 13.4. The van der Waals surface area contributed by atoms with Crippen LogP contribution in [0.2, 0.25) is 0 Å². The molecule has 0 bridgehead atoms. The van der Waals surface area contributed by atoms with Gasteiger partial charge in [0.1, 0.15) is 0 Å². The van der Waals surface area contributed by atoms with Gasteiger partial charge in [0.05, 0.1) is 18.7 Å².